The Morgan fingerprint density at radius 3 is 2.20 bits per heavy atom. The molecule has 0 radical (unpaired) electrons. The molecule has 150 valence electrons. The van der Waals surface area contributed by atoms with Crippen molar-refractivity contribution in [3.05, 3.63) is 99.7 Å². The van der Waals surface area contributed by atoms with Gasteiger partial charge in [-0.15, -0.1) is 0 Å². The fourth-order valence-electron chi connectivity index (χ4n) is 3.45. The first-order valence-corrected chi connectivity index (χ1v) is 10.0. The smallest absolute Gasteiger partial charge is 0.282 e. The molecule has 0 bridgehead atoms. The Labute approximate surface area is 180 Å². The molecule has 2 amide bonds. The summed E-state index contributed by atoms with van der Waals surface area (Å²) in [7, 11) is 0. The van der Waals surface area contributed by atoms with Crippen LogP contribution in [-0.4, -0.2) is 11.8 Å². The summed E-state index contributed by atoms with van der Waals surface area (Å²) in [6.07, 6.45) is 0. The van der Waals surface area contributed by atoms with Gasteiger partial charge >= 0.3 is 0 Å². The van der Waals surface area contributed by atoms with Crippen molar-refractivity contribution in [2.75, 3.05) is 10.2 Å². The molecule has 1 aliphatic heterocycles. The lowest BCUT2D eigenvalue weighted by molar-refractivity contribution is -0.120. The maximum absolute atomic E-state index is 13.4. The molecular weight excluding hydrogens is 396 g/mol. The van der Waals surface area contributed by atoms with Gasteiger partial charge in [-0.2, -0.15) is 0 Å². The minimum Gasteiger partial charge on any atom is -0.350 e. The Kier molecular flexibility index (Phi) is 5.18. The summed E-state index contributed by atoms with van der Waals surface area (Å²) < 4.78 is 0. The Balaban J connectivity index is 1.83. The van der Waals surface area contributed by atoms with E-state index in [-0.39, 0.29) is 11.6 Å². The summed E-state index contributed by atoms with van der Waals surface area (Å²) in [6.45, 7) is 5.81. The van der Waals surface area contributed by atoms with E-state index < -0.39 is 5.91 Å². The van der Waals surface area contributed by atoms with Gasteiger partial charge in [-0.05, 0) is 61.7 Å². The number of nitrogens with one attached hydrogen (secondary N) is 1. The zero-order valence-corrected chi connectivity index (χ0v) is 17.7. The van der Waals surface area contributed by atoms with Crippen molar-refractivity contribution in [1.29, 1.82) is 0 Å². The number of hydrogen-bond donors (Lipinski definition) is 1. The largest absolute Gasteiger partial charge is 0.350 e. The molecular formula is C25H21ClN2O2. The van der Waals surface area contributed by atoms with Crippen LogP contribution in [0.2, 0.25) is 5.02 Å². The van der Waals surface area contributed by atoms with Crippen LogP contribution in [0.25, 0.3) is 5.57 Å². The molecule has 0 saturated heterocycles. The molecule has 1 N–H and O–H groups in total. The third kappa shape index (κ3) is 3.62. The Morgan fingerprint density at radius 1 is 0.800 bits per heavy atom. The maximum atomic E-state index is 13.4. The fraction of sp³-hybridized carbons (Fsp3) is 0.120. The molecule has 5 heteroatoms. The van der Waals surface area contributed by atoms with Crippen LogP contribution in [0.3, 0.4) is 0 Å². The van der Waals surface area contributed by atoms with Crippen LogP contribution in [0.4, 0.5) is 11.4 Å². The molecule has 1 aliphatic rings. The summed E-state index contributed by atoms with van der Waals surface area (Å²) in [5, 5.41) is 3.74. The van der Waals surface area contributed by atoms with Crippen LogP contribution >= 0.6 is 11.6 Å². The van der Waals surface area contributed by atoms with E-state index >= 15 is 0 Å². The lowest BCUT2D eigenvalue weighted by Crippen LogP contribution is -2.32. The van der Waals surface area contributed by atoms with Gasteiger partial charge in [0.25, 0.3) is 11.8 Å². The summed E-state index contributed by atoms with van der Waals surface area (Å²) in [5.41, 5.74) is 5.46. The van der Waals surface area contributed by atoms with Gasteiger partial charge in [0, 0.05) is 10.7 Å². The number of imide groups is 1. The number of halogens is 1. The van der Waals surface area contributed by atoms with Crippen LogP contribution in [0.15, 0.2) is 72.4 Å². The monoisotopic (exact) mass is 416 g/mol. The number of carbonyl (C=O) groups is 2. The van der Waals surface area contributed by atoms with Crippen molar-refractivity contribution in [2.24, 2.45) is 0 Å². The molecule has 30 heavy (non-hydrogen) atoms. The Bertz CT molecular complexity index is 1200. The number of rotatable bonds is 4. The molecule has 0 saturated carbocycles. The van der Waals surface area contributed by atoms with E-state index in [1.807, 2.05) is 75.4 Å². The highest BCUT2D eigenvalue weighted by molar-refractivity contribution is 6.46. The van der Waals surface area contributed by atoms with E-state index in [2.05, 4.69) is 5.32 Å². The molecule has 0 unspecified atom stereocenters. The average Bonchev–Trinajstić information content (AvgIpc) is 2.95. The normalized spacial score (nSPS) is 13.9. The first kappa shape index (κ1) is 19.9. The molecule has 0 atom stereocenters. The number of amides is 2. The fourth-order valence-corrected chi connectivity index (χ4v) is 3.63. The van der Waals surface area contributed by atoms with Gasteiger partial charge in [0.2, 0.25) is 0 Å². The summed E-state index contributed by atoms with van der Waals surface area (Å²) in [6, 6.07) is 20.4. The van der Waals surface area contributed by atoms with Crippen molar-refractivity contribution in [3.8, 4) is 0 Å². The maximum Gasteiger partial charge on any atom is 0.282 e. The average molecular weight is 417 g/mol. The second-order valence-electron chi connectivity index (χ2n) is 7.49. The van der Waals surface area contributed by atoms with E-state index in [0.29, 0.717) is 27.5 Å². The number of hydrogen-bond acceptors (Lipinski definition) is 3. The number of anilines is 2. The Morgan fingerprint density at radius 2 is 1.53 bits per heavy atom. The first-order valence-electron chi connectivity index (χ1n) is 9.65. The lowest BCUT2D eigenvalue weighted by atomic mass is 10.0. The van der Waals surface area contributed by atoms with Gasteiger partial charge < -0.3 is 5.32 Å². The molecule has 0 aliphatic carbocycles. The number of nitrogens with zero attached hydrogens (tertiary/aromatic N) is 1. The van der Waals surface area contributed by atoms with Crippen molar-refractivity contribution in [2.45, 2.75) is 20.8 Å². The molecule has 4 rings (SSSR count). The highest BCUT2D eigenvalue weighted by Crippen LogP contribution is 2.34. The number of benzene rings is 3. The highest BCUT2D eigenvalue weighted by atomic mass is 35.5. The molecule has 0 spiro atoms. The third-order valence-corrected chi connectivity index (χ3v) is 5.53. The minimum atomic E-state index is -0.391. The second-order valence-corrected chi connectivity index (χ2v) is 7.90. The van der Waals surface area contributed by atoms with Crippen LogP contribution in [-0.2, 0) is 9.59 Å². The van der Waals surface area contributed by atoms with Crippen molar-refractivity contribution < 1.29 is 9.59 Å². The van der Waals surface area contributed by atoms with Crippen molar-refractivity contribution in [3.63, 3.8) is 0 Å². The predicted molar refractivity (Wildman–Crippen MR) is 122 cm³/mol. The van der Waals surface area contributed by atoms with E-state index in [9.17, 15) is 9.59 Å². The third-order valence-electron chi connectivity index (χ3n) is 5.13. The molecule has 0 fully saturated rings. The topological polar surface area (TPSA) is 49.4 Å². The van der Waals surface area contributed by atoms with E-state index in [0.717, 1.165) is 16.7 Å². The number of aryl methyl sites for hydroxylation is 3. The first-order chi connectivity index (χ1) is 14.3. The van der Waals surface area contributed by atoms with Gasteiger partial charge in [0.05, 0.1) is 11.3 Å². The van der Waals surface area contributed by atoms with E-state index in [1.165, 1.54) is 4.90 Å². The molecule has 4 nitrogen and oxygen atoms in total. The zero-order chi connectivity index (χ0) is 21.4. The van der Waals surface area contributed by atoms with E-state index in [4.69, 9.17) is 11.6 Å². The molecule has 3 aromatic rings. The van der Waals surface area contributed by atoms with Crippen molar-refractivity contribution in [1.82, 2.24) is 0 Å². The summed E-state index contributed by atoms with van der Waals surface area (Å²) >= 11 is 6.26. The van der Waals surface area contributed by atoms with Gasteiger partial charge in [-0.1, -0.05) is 59.6 Å². The summed E-state index contributed by atoms with van der Waals surface area (Å²) in [5.74, 6) is -0.743. The van der Waals surface area contributed by atoms with Crippen LogP contribution in [0.1, 0.15) is 22.3 Å². The van der Waals surface area contributed by atoms with Gasteiger partial charge in [-0.25, -0.2) is 4.90 Å². The summed E-state index contributed by atoms with van der Waals surface area (Å²) in [4.78, 5) is 28.0. The molecule has 3 aromatic carbocycles. The van der Waals surface area contributed by atoms with Gasteiger partial charge in [0.15, 0.2) is 0 Å². The molecule has 1 heterocycles. The SMILES string of the molecule is Cc1ccc(C2=C(Nc3ccc(C)c(Cl)c3)C(=O)N(c3cccc(C)c3)C2=O)cc1. The quantitative estimate of drug-likeness (QED) is 0.558. The van der Waals surface area contributed by atoms with Crippen LogP contribution in [0, 0.1) is 20.8 Å². The van der Waals surface area contributed by atoms with Crippen molar-refractivity contribution >= 4 is 40.4 Å². The second kappa shape index (κ2) is 7.81. The minimum absolute atomic E-state index is 0.241. The number of carbonyl (C=O) groups excluding carboxylic acids is 2. The zero-order valence-electron chi connectivity index (χ0n) is 17.0. The Hall–Kier alpha value is -3.37. The van der Waals surface area contributed by atoms with Gasteiger partial charge in [0.1, 0.15) is 5.70 Å². The predicted octanol–water partition coefficient (Wildman–Crippen LogP) is 5.66. The van der Waals surface area contributed by atoms with Crippen LogP contribution in [0.5, 0.6) is 0 Å². The highest BCUT2D eigenvalue weighted by Gasteiger charge is 2.40. The molecule has 0 aromatic heterocycles. The van der Waals surface area contributed by atoms with Gasteiger partial charge in [-0.3, -0.25) is 9.59 Å². The van der Waals surface area contributed by atoms with Crippen LogP contribution < -0.4 is 10.2 Å². The standard InChI is InChI=1S/C25H21ClN2O2/c1-15-7-10-18(11-8-15)22-23(27-19-12-9-17(3)21(26)14-19)25(30)28(24(22)29)20-6-4-5-16(2)13-20/h4-14,27H,1-3H3. The van der Waals surface area contributed by atoms with E-state index in [1.54, 1.807) is 12.1 Å². The lowest BCUT2D eigenvalue weighted by Gasteiger charge is -2.16.